The number of halogens is 1. The Labute approximate surface area is 156 Å². The average Bonchev–Trinajstić information content (AvgIpc) is 2.80. The Bertz CT molecular complexity index is 735. The molecule has 128 valence electrons. The molecule has 6 nitrogen and oxygen atoms in total. The largest absolute Gasteiger partial charge is 0.550 e. The number of thiocarbonyl (C=S) groups is 1. The molecule has 24 heavy (non-hydrogen) atoms. The van der Waals surface area contributed by atoms with E-state index in [-0.39, 0.29) is 18.9 Å². The van der Waals surface area contributed by atoms with Crippen molar-refractivity contribution in [2.45, 2.75) is 6.42 Å². The Morgan fingerprint density at radius 2 is 2.00 bits per heavy atom. The lowest BCUT2D eigenvalue weighted by Gasteiger charge is -2.14. The van der Waals surface area contributed by atoms with Gasteiger partial charge in [0.05, 0.1) is 19.1 Å². The predicted octanol–water partition coefficient (Wildman–Crippen LogP) is 1.81. The Hall–Kier alpha value is -1.58. The zero-order chi connectivity index (χ0) is 17.9. The molecule has 1 amide bonds. The lowest BCUT2D eigenvalue weighted by molar-refractivity contribution is -0.305. The fourth-order valence-electron chi connectivity index (χ4n) is 2.02. The standard InChI is InChI=1S/C15H14BrNO5S2/c1-21-10-5-8(9(16)7-11(10)22-2)6-12-14(20)17(15(23)24-12)4-3-13(18)19/h5-7H,3-4H2,1-2H3,(H,18,19)/p-1/b12-6-. The molecule has 2 rings (SSSR count). The Kier molecular flexibility index (Phi) is 6.25. The van der Waals surface area contributed by atoms with Crippen molar-refractivity contribution in [2.24, 2.45) is 0 Å². The minimum atomic E-state index is -1.23. The molecule has 1 aliphatic heterocycles. The first-order valence-electron chi connectivity index (χ1n) is 6.74. The molecule has 9 heteroatoms. The Morgan fingerprint density at radius 1 is 1.38 bits per heavy atom. The summed E-state index contributed by atoms with van der Waals surface area (Å²) in [5.41, 5.74) is 0.716. The second-order valence-electron chi connectivity index (χ2n) is 4.68. The molecule has 0 spiro atoms. The highest BCUT2D eigenvalue weighted by Crippen LogP contribution is 2.37. The molecule has 0 radical (unpaired) electrons. The van der Waals surface area contributed by atoms with Crippen LogP contribution in [0.25, 0.3) is 6.08 Å². The first kappa shape index (κ1) is 18.8. The molecule has 0 bridgehead atoms. The van der Waals surface area contributed by atoms with Crippen molar-refractivity contribution in [3.05, 3.63) is 27.1 Å². The first-order valence-corrected chi connectivity index (χ1v) is 8.76. The summed E-state index contributed by atoms with van der Waals surface area (Å²) < 4.78 is 11.5. The van der Waals surface area contributed by atoms with Crippen molar-refractivity contribution in [1.82, 2.24) is 4.90 Å². The van der Waals surface area contributed by atoms with Crippen molar-refractivity contribution in [1.29, 1.82) is 0 Å². The molecule has 0 N–H and O–H groups in total. The molecule has 0 saturated carbocycles. The number of methoxy groups -OCH3 is 2. The van der Waals surface area contributed by atoms with Crippen LogP contribution in [-0.2, 0) is 9.59 Å². The van der Waals surface area contributed by atoms with Crippen LogP contribution in [-0.4, -0.2) is 41.9 Å². The van der Waals surface area contributed by atoms with Crippen LogP contribution in [0.15, 0.2) is 21.5 Å². The smallest absolute Gasteiger partial charge is 0.266 e. The van der Waals surface area contributed by atoms with Crippen molar-refractivity contribution in [3.8, 4) is 11.5 Å². The van der Waals surface area contributed by atoms with Gasteiger partial charge in [0, 0.05) is 23.4 Å². The van der Waals surface area contributed by atoms with E-state index >= 15 is 0 Å². The molecule has 0 aliphatic carbocycles. The van der Waals surface area contributed by atoms with Gasteiger partial charge in [0.25, 0.3) is 5.91 Å². The highest BCUT2D eigenvalue weighted by Gasteiger charge is 2.31. The normalized spacial score (nSPS) is 16.0. The number of rotatable bonds is 6. The van der Waals surface area contributed by atoms with Gasteiger partial charge in [-0.25, -0.2) is 0 Å². The predicted molar refractivity (Wildman–Crippen MR) is 96.7 cm³/mol. The van der Waals surface area contributed by atoms with Gasteiger partial charge in [-0.2, -0.15) is 0 Å². The van der Waals surface area contributed by atoms with Crippen molar-refractivity contribution in [2.75, 3.05) is 20.8 Å². The van der Waals surface area contributed by atoms with Crippen LogP contribution in [0, 0.1) is 0 Å². The summed E-state index contributed by atoms with van der Waals surface area (Å²) in [7, 11) is 3.06. The summed E-state index contributed by atoms with van der Waals surface area (Å²) in [6.07, 6.45) is 1.41. The summed E-state index contributed by atoms with van der Waals surface area (Å²) in [6, 6.07) is 3.47. The first-order chi connectivity index (χ1) is 11.4. The topological polar surface area (TPSA) is 78.9 Å². The maximum Gasteiger partial charge on any atom is 0.266 e. The number of hydrogen-bond donors (Lipinski definition) is 0. The van der Waals surface area contributed by atoms with Crippen LogP contribution >= 0.6 is 39.9 Å². The molecular formula is C15H13BrNO5S2-. The molecule has 0 aromatic heterocycles. The minimum Gasteiger partial charge on any atom is -0.550 e. The lowest BCUT2D eigenvalue weighted by Crippen LogP contribution is -2.33. The number of carboxylic acid groups (broad SMARTS) is 1. The van der Waals surface area contributed by atoms with E-state index in [1.165, 1.54) is 19.1 Å². The number of carbonyl (C=O) groups excluding carboxylic acids is 2. The number of ether oxygens (including phenoxy) is 2. The second kappa shape index (κ2) is 8.00. The molecule has 1 heterocycles. The quantitative estimate of drug-likeness (QED) is 0.502. The van der Waals surface area contributed by atoms with Gasteiger partial charge in [-0.3, -0.25) is 9.69 Å². The maximum atomic E-state index is 12.4. The minimum absolute atomic E-state index is 0.00254. The van der Waals surface area contributed by atoms with E-state index in [2.05, 4.69) is 15.9 Å². The highest BCUT2D eigenvalue weighted by molar-refractivity contribution is 9.10. The Balaban J connectivity index is 2.30. The van der Waals surface area contributed by atoms with Crippen LogP contribution < -0.4 is 14.6 Å². The summed E-state index contributed by atoms with van der Waals surface area (Å²) in [6.45, 7) is -0.00254. The summed E-state index contributed by atoms with van der Waals surface area (Å²) >= 11 is 9.69. The van der Waals surface area contributed by atoms with Gasteiger partial charge < -0.3 is 19.4 Å². The molecule has 1 aromatic rings. The van der Waals surface area contributed by atoms with E-state index < -0.39 is 5.97 Å². The monoisotopic (exact) mass is 430 g/mol. The van der Waals surface area contributed by atoms with Crippen LogP contribution in [0.2, 0.25) is 0 Å². The number of thioether (sulfide) groups is 1. The Morgan fingerprint density at radius 3 is 2.58 bits per heavy atom. The molecule has 1 aromatic carbocycles. The highest BCUT2D eigenvalue weighted by atomic mass is 79.9. The maximum absolute atomic E-state index is 12.4. The number of carbonyl (C=O) groups is 2. The van der Waals surface area contributed by atoms with Gasteiger partial charge in [0.2, 0.25) is 0 Å². The molecule has 0 atom stereocenters. The third kappa shape index (κ3) is 4.08. The number of benzene rings is 1. The zero-order valence-corrected chi connectivity index (χ0v) is 16.0. The van der Waals surface area contributed by atoms with Gasteiger partial charge >= 0.3 is 0 Å². The molecule has 1 aliphatic rings. The van der Waals surface area contributed by atoms with Crippen molar-refractivity contribution >= 4 is 62.2 Å². The van der Waals surface area contributed by atoms with E-state index in [0.717, 1.165) is 16.2 Å². The summed E-state index contributed by atoms with van der Waals surface area (Å²) in [5, 5.41) is 10.6. The SMILES string of the molecule is COc1cc(Br)c(/C=C2\SC(=S)N(CCC(=O)[O-])C2=O)cc1OC. The van der Waals surface area contributed by atoms with Gasteiger partial charge in [-0.05, 0) is 23.8 Å². The van der Waals surface area contributed by atoms with Crippen molar-refractivity contribution < 1.29 is 24.2 Å². The van der Waals surface area contributed by atoms with Gasteiger partial charge in [0.15, 0.2) is 11.5 Å². The van der Waals surface area contributed by atoms with Crippen LogP contribution in [0.4, 0.5) is 0 Å². The number of aliphatic carboxylic acids is 1. The van der Waals surface area contributed by atoms with E-state index in [9.17, 15) is 14.7 Å². The average molecular weight is 431 g/mol. The third-order valence-electron chi connectivity index (χ3n) is 3.20. The van der Waals surface area contributed by atoms with Crippen LogP contribution in [0.1, 0.15) is 12.0 Å². The fourth-order valence-corrected chi connectivity index (χ4v) is 3.75. The number of carboxylic acids is 1. The second-order valence-corrected chi connectivity index (χ2v) is 7.21. The van der Waals surface area contributed by atoms with E-state index in [1.807, 2.05) is 0 Å². The summed E-state index contributed by atoms with van der Waals surface area (Å²) in [5.74, 6) is -0.467. The van der Waals surface area contributed by atoms with E-state index in [1.54, 1.807) is 18.2 Å². The van der Waals surface area contributed by atoms with Crippen molar-refractivity contribution in [3.63, 3.8) is 0 Å². The number of nitrogens with zero attached hydrogens (tertiary/aromatic N) is 1. The number of hydrogen-bond acceptors (Lipinski definition) is 7. The number of amides is 1. The van der Waals surface area contributed by atoms with E-state index in [4.69, 9.17) is 21.7 Å². The van der Waals surface area contributed by atoms with Gasteiger partial charge in [-0.1, -0.05) is 39.9 Å². The molecule has 0 unspecified atom stereocenters. The van der Waals surface area contributed by atoms with Gasteiger partial charge in [-0.15, -0.1) is 0 Å². The lowest BCUT2D eigenvalue weighted by atomic mass is 10.2. The third-order valence-corrected chi connectivity index (χ3v) is 5.27. The summed E-state index contributed by atoms with van der Waals surface area (Å²) in [4.78, 5) is 24.6. The molecular weight excluding hydrogens is 418 g/mol. The zero-order valence-electron chi connectivity index (χ0n) is 12.8. The van der Waals surface area contributed by atoms with Gasteiger partial charge in [0.1, 0.15) is 4.32 Å². The van der Waals surface area contributed by atoms with Crippen LogP contribution in [0.3, 0.4) is 0 Å². The molecule has 1 saturated heterocycles. The fraction of sp³-hybridized carbons (Fsp3) is 0.267. The van der Waals surface area contributed by atoms with Crippen LogP contribution in [0.5, 0.6) is 11.5 Å². The van der Waals surface area contributed by atoms with E-state index in [0.29, 0.717) is 26.3 Å². The molecule has 1 fully saturated rings.